The average Bonchev–Trinajstić information content (AvgIpc) is 2.99. The van der Waals surface area contributed by atoms with Gasteiger partial charge in [-0.05, 0) is 40.2 Å². The van der Waals surface area contributed by atoms with Crippen molar-refractivity contribution in [1.29, 1.82) is 0 Å². The summed E-state index contributed by atoms with van der Waals surface area (Å²) in [6.07, 6.45) is 0.817. The molecule has 0 saturated heterocycles. The molecule has 0 radical (unpaired) electrons. The van der Waals surface area contributed by atoms with Crippen LogP contribution in [0.2, 0.25) is 0 Å². The van der Waals surface area contributed by atoms with Gasteiger partial charge in [0, 0.05) is 23.1 Å². The van der Waals surface area contributed by atoms with Gasteiger partial charge in [0.25, 0.3) is 0 Å². The van der Waals surface area contributed by atoms with Crippen molar-refractivity contribution >= 4 is 17.2 Å². The van der Waals surface area contributed by atoms with Gasteiger partial charge >= 0.3 is 0 Å². The average molecular weight is 353 g/mol. The molecule has 25 heavy (non-hydrogen) atoms. The summed E-state index contributed by atoms with van der Waals surface area (Å²) in [7, 11) is 0. The molecule has 0 aliphatic carbocycles. The van der Waals surface area contributed by atoms with Crippen LogP contribution >= 0.6 is 11.3 Å². The molecule has 0 fully saturated rings. The Morgan fingerprint density at radius 3 is 2.36 bits per heavy atom. The number of thiazole rings is 1. The number of benzene rings is 1. The minimum absolute atomic E-state index is 0.107. The van der Waals surface area contributed by atoms with E-state index in [-0.39, 0.29) is 6.04 Å². The Hall–Kier alpha value is -2.27. The van der Waals surface area contributed by atoms with Crippen molar-refractivity contribution in [2.75, 3.05) is 5.32 Å². The first-order valence-electron chi connectivity index (χ1n) is 8.50. The predicted octanol–water partition coefficient (Wildman–Crippen LogP) is 4.93. The molecule has 0 aliphatic heterocycles. The van der Waals surface area contributed by atoms with E-state index in [2.05, 4.69) is 70.7 Å². The second-order valence-electron chi connectivity index (χ2n) is 6.50. The topological polar surface area (TPSA) is 50.7 Å². The van der Waals surface area contributed by atoms with Crippen molar-refractivity contribution in [1.82, 2.24) is 15.0 Å². The van der Waals surface area contributed by atoms with Crippen LogP contribution in [0.4, 0.5) is 5.82 Å². The number of anilines is 1. The summed E-state index contributed by atoms with van der Waals surface area (Å²) < 4.78 is 0. The summed E-state index contributed by atoms with van der Waals surface area (Å²) in [6.45, 7) is 10.3. The Labute approximate surface area is 153 Å². The smallest absolute Gasteiger partial charge is 0.134 e. The van der Waals surface area contributed by atoms with E-state index >= 15 is 0 Å². The van der Waals surface area contributed by atoms with E-state index < -0.39 is 0 Å². The van der Waals surface area contributed by atoms with E-state index in [4.69, 9.17) is 0 Å². The standard InChI is InChI=1S/C20H24N4S/c1-12-6-8-17(9-7-12)10-18-13(2)21-15(4)23-20(18)22-14(3)19-11-25-16(5)24-19/h6-9,11,14H,10H2,1-5H3,(H,21,22,23). The summed E-state index contributed by atoms with van der Waals surface area (Å²) in [6, 6.07) is 8.74. The Morgan fingerprint density at radius 1 is 1.00 bits per heavy atom. The van der Waals surface area contributed by atoms with Crippen LogP contribution in [0.15, 0.2) is 29.6 Å². The van der Waals surface area contributed by atoms with E-state index in [1.807, 2.05) is 13.8 Å². The zero-order valence-electron chi connectivity index (χ0n) is 15.4. The largest absolute Gasteiger partial charge is 0.362 e. The molecular weight excluding hydrogens is 328 g/mol. The molecule has 1 aromatic carbocycles. The summed E-state index contributed by atoms with van der Waals surface area (Å²) in [4.78, 5) is 13.8. The van der Waals surface area contributed by atoms with Crippen molar-refractivity contribution < 1.29 is 0 Å². The van der Waals surface area contributed by atoms with Crippen molar-refractivity contribution in [3.05, 3.63) is 68.6 Å². The SMILES string of the molecule is Cc1ccc(Cc2c(C)nc(C)nc2NC(C)c2csc(C)n2)cc1. The highest BCUT2D eigenvalue weighted by Crippen LogP contribution is 2.25. The lowest BCUT2D eigenvalue weighted by Crippen LogP contribution is -2.13. The van der Waals surface area contributed by atoms with Crippen LogP contribution in [0.5, 0.6) is 0 Å². The fourth-order valence-electron chi connectivity index (χ4n) is 2.83. The maximum absolute atomic E-state index is 4.67. The summed E-state index contributed by atoms with van der Waals surface area (Å²) >= 11 is 1.67. The van der Waals surface area contributed by atoms with Crippen molar-refractivity contribution in [3.8, 4) is 0 Å². The lowest BCUT2D eigenvalue weighted by molar-refractivity contribution is 0.823. The highest BCUT2D eigenvalue weighted by Gasteiger charge is 2.15. The van der Waals surface area contributed by atoms with Crippen LogP contribution in [0.3, 0.4) is 0 Å². The Balaban J connectivity index is 1.90. The van der Waals surface area contributed by atoms with Crippen LogP contribution in [0.1, 0.15) is 51.9 Å². The van der Waals surface area contributed by atoms with E-state index in [1.54, 1.807) is 11.3 Å². The molecule has 130 valence electrons. The molecule has 5 heteroatoms. The molecule has 1 unspecified atom stereocenters. The van der Waals surface area contributed by atoms with Crippen LogP contribution in [0, 0.1) is 27.7 Å². The van der Waals surface area contributed by atoms with Gasteiger partial charge < -0.3 is 5.32 Å². The molecule has 2 heterocycles. The van der Waals surface area contributed by atoms with Gasteiger partial charge in [-0.2, -0.15) is 0 Å². The quantitative estimate of drug-likeness (QED) is 0.707. The van der Waals surface area contributed by atoms with Gasteiger partial charge in [0.2, 0.25) is 0 Å². The molecular formula is C20H24N4S. The third-order valence-corrected chi connectivity index (χ3v) is 5.05. The van der Waals surface area contributed by atoms with Gasteiger partial charge in [0.05, 0.1) is 16.7 Å². The molecule has 3 aromatic rings. The molecule has 0 aliphatic rings. The number of hydrogen-bond donors (Lipinski definition) is 1. The maximum atomic E-state index is 4.67. The lowest BCUT2D eigenvalue weighted by Gasteiger charge is -2.18. The third kappa shape index (κ3) is 4.23. The Morgan fingerprint density at radius 2 is 1.72 bits per heavy atom. The fourth-order valence-corrected chi connectivity index (χ4v) is 3.54. The zero-order chi connectivity index (χ0) is 18.0. The molecule has 0 saturated carbocycles. The monoisotopic (exact) mass is 352 g/mol. The number of nitrogens with zero attached hydrogens (tertiary/aromatic N) is 3. The minimum atomic E-state index is 0.107. The second-order valence-corrected chi connectivity index (χ2v) is 7.57. The third-order valence-electron chi connectivity index (χ3n) is 4.26. The number of aryl methyl sites for hydroxylation is 4. The first kappa shape index (κ1) is 17.5. The Kier molecular flexibility index (Phi) is 5.13. The van der Waals surface area contributed by atoms with Gasteiger partial charge in [-0.15, -0.1) is 11.3 Å². The van der Waals surface area contributed by atoms with Crippen molar-refractivity contribution in [2.24, 2.45) is 0 Å². The number of hydrogen-bond acceptors (Lipinski definition) is 5. The second kappa shape index (κ2) is 7.31. The van der Waals surface area contributed by atoms with Gasteiger partial charge in [-0.3, -0.25) is 0 Å². The van der Waals surface area contributed by atoms with E-state index in [0.717, 1.165) is 40.0 Å². The highest BCUT2D eigenvalue weighted by molar-refractivity contribution is 7.09. The molecule has 2 aromatic heterocycles. The van der Waals surface area contributed by atoms with Crippen LogP contribution < -0.4 is 5.32 Å². The number of aromatic nitrogens is 3. The number of rotatable bonds is 5. The normalized spacial score (nSPS) is 12.2. The van der Waals surface area contributed by atoms with Gasteiger partial charge in [-0.25, -0.2) is 15.0 Å². The molecule has 0 spiro atoms. The first-order valence-corrected chi connectivity index (χ1v) is 9.38. The van der Waals surface area contributed by atoms with Crippen LogP contribution in [0.25, 0.3) is 0 Å². The molecule has 0 bridgehead atoms. The Bertz CT molecular complexity index is 868. The molecule has 4 nitrogen and oxygen atoms in total. The van der Waals surface area contributed by atoms with E-state index in [0.29, 0.717) is 0 Å². The number of nitrogens with one attached hydrogen (secondary N) is 1. The molecule has 1 atom stereocenters. The summed E-state index contributed by atoms with van der Waals surface area (Å²) in [5, 5.41) is 6.73. The summed E-state index contributed by atoms with van der Waals surface area (Å²) in [5.74, 6) is 1.69. The molecule has 1 N–H and O–H groups in total. The fraction of sp³-hybridized carbons (Fsp3) is 0.350. The van der Waals surface area contributed by atoms with Gasteiger partial charge in [-0.1, -0.05) is 29.8 Å². The van der Waals surface area contributed by atoms with Gasteiger partial charge in [0.15, 0.2) is 0 Å². The summed E-state index contributed by atoms with van der Waals surface area (Å²) in [5.41, 5.74) is 5.76. The molecule has 0 amide bonds. The predicted molar refractivity (Wildman–Crippen MR) is 104 cm³/mol. The van der Waals surface area contributed by atoms with Crippen LogP contribution in [-0.2, 0) is 6.42 Å². The maximum Gasteiger partial charge on any atom is 0.134 e. The van der Waals surface area contributed by atoms with E-state index in [9.17, 15) is 0 Å². The van der Waals surface area contributed by atoms with Gasteiger partial charge in [0.1, 0.15) is 11.6 Å². The first-order chi connectivity index (χ1) is 11.9. The minimum Gasteiger partial charge on any atom is -0.362 e. The van der Waals surface area contributed by atoms with Crippen LogP contribution in [-0.4, -0.2) is 15.0 Å². The molecule has 3 rings (SSSR count). The van der Waals surface area contributed by atoms with E-state index in [1.165, 1.54) is 11.1 Å². The van der Waals surface area contributed by atoms with Crippen molar-refractivity contribution in [2.45, 2.75) is 47.1 Å². The highest BCUT2D eigenvalue weighted by atomic mass is 32.1. The van der Waals surface area contributed by atoms with Crippen molar-refractivity contribution in [3.63, 3.8) is 0 Å². The zero-order valence-corrected chi connectivity index (χ0v) is 16.2. The lowest BCUT2D eigenvalue weighted by atomic mass is 10.0.